The molecule has 3 heterocycles. The number of aromatic amines is 1. The Hall–Kier alpha value is -4.17. The molecule has 0 unspecified atom stereocenters. The molecule has 1 fully saturated rings. The summed E-state index contributed by atoms with van der Waals surface area (Å²) in [4.78, 5) is 8.24. The molecule has 6 rings (SSSR count). The Labute approximate surface area is 197 Å². The first-order valence-electron chi connectivity index (χ1n) is 11.9. The third kappa shape index (κ3) is 3.31. The Balaban J connectivity index is 1.77. The maximum absolute atomic E-state index is 9.94. The topological polar surface area (TPSA) is 81.2 Å². The van der Waals surface area contributed by atoms with Crippen LogP contribution in [0, 0.1) is 16.7 Å². The van der Waals surface area contributed by atoms with Crippen LogP contribution in [0.1, 0.15) is 43.7 Å². The van der Waals surface area contributed by atoms with Crippen molar-refractivity contribution >= 4 is 21.9 Å². The highest BCUT2D eigenvalue weighted by atomic mass is 15.1. The fraction of sp³-hybridized carbons (Fsp3) is 0.207. The number of hydrogen-bond donors (Lipinski definition) is 2. The predicted molar refractivity (Wildman–Crippen MR) is 135 cm³/mol. The molecule has 166 valence electrons. The van der Waals surface area contributed by atoms with Gasteiger partial charge < -0.3 is 9.55 Å². The molecule has 3 aromatic heterocycles. The lowest BCUT2D eigenvalue weighted by molar-refractivity contribution is 0.361. The van der Waals surface area contributed by atoms with Crippen molar-refractivity contribution in [2.24, 2.45) is 0 Å². The summed E-state index contributed by atoms with van der Waals surface area (Å²) >= 11 is 0. The van der Waals surface area contributed by atoms with E-state index in [9.17, 15) is 5.26 Å². The fourth-order valence-corrected chi connectivity index (χ4v) is 5.41. The van der Waals surface area contributed by atoms with E-state index in [0.29, 0.717) is 11.6 Å². The van der Waals surface area contributed by atoms with E-state index < -0.39 is 0 Å². The summed E-state index contributed by atoms with van der Waals surface area (Å²) in [6.07, 6.45) is 5.85. The van der Waals surface area contributed by atoms with Gasteiger partial charge in [-0.25, -0.2) is 4.98 Å². The van der Waals surface area contributed by atoms with Gasteiger partial charge in [-0.2, -0.15) is 5.26 Å². The van der Waals surface area contributed by atoms with Crippen LogP contribution >= 0.6 is 0 Å². The number of nitrogens with one attached hydrogen (secondary N) is 2. The van der Waals surface area contributed by atoms with Crippen molar-refractivity contribution < 1.29 is 0 Å². The van der Waals surface area contributed by atoms with Gasteiger partial charge >= 0.3 is 0 Å². The highest BCUT2D eigenvalue weighted by Crippen LogP contribution is 2.39. The van der Waals surface area contributed by atoms with Crippen LogP contribution in [0.15, 0.2) is 72.8 Å². The summed E-state index contributed by atoms with van der Waals surface area (Å²) in [6.45, 7) is 0. The Morgan fingerprint density at radius 2 is 1.59 bits per heavy atom. The van der Waals surface area contributed by atoms with Crippen molar-refractivity contribution in [3.05, 3.63) is 83.8 Å². The Bertz CT molecular complexity index is 1600. The molecule has 0 bridgehead atoms. The number of nitriles is 1. The quantitative estimate of drug-likeness (QED) is 0.325. The van der Waals surface area contributed by atoms with Crippen molar-refractivity contribution in [3.63, 3.8) is 0 Å². The van der Waals surface area contributed by atoms with E-state index >= 15 is 0 Å². The van der Waals surface area contributed by atoms with Gasteiger partial charge in [-0.15, -0.1) is 0 Å². The van der Waals surface area contributed by atoms with Gasteiger partial charge in [0.05, 0.1) is 11.2 Å². The molecule has 5 aromatic rings. The normalized spacial score (nSPS) is 14.4. The largest absolute Gasteiger partial charge is 0.353 e. The SMILES string of the molecule is N#Cc1c(=N)nc2c3c(cc(-c4ccccc4)[nH]c13)cc(-c1ccccc1)n2C1CCCCC1. The van der Waals surface area contributed by atoms with Crippen molar-refractivity contribution in [2.75, 3.05) is 0 Å². The highest BCUT2D eigenvalue weighted by molar-refractivity contribution is 6.09. The zero-order chi connectivity index (χ0) is 23.1. The molecule has 0 spiro atoms. The minimum absolute atomic E-state index is 0.0209. The fourth-order valence-electron chi connectivity index (χ4n) is 5.41. The molecule has 34 heavy (non-hydrogen) atoms. The molecular weight excluding hydrogens is 418 g/mol. The summed E-state index contributed by atoms with van der Waals surface area (Å²) in [5.41, 5.74) is 6.01. The zero-order valence-corrected chi connectivity index (χ0v) is 18.9. The molecular formula is C29H25N5. The molecule has 5 nitrogen and oxygen atoms in total. The third-order valence-corrected chi connectivity index (χ3v) is 7.01. The van der Waals surface area contributed by atoms with Gasteiger partial charge in [0, 0.05) is 17.1 Å². The number of benzene rings is 2. The molecule has 1 aliphatic carbocycles. The van der Waals surface area contributed by atoms with E-state index in [2.05, 4.69) is 64.2 Å². The minimum Gasteiger partial charge on any atom is -0.353 e. The number of nitrogens with zero attached hydrogens (tertiary/aromatic N) is 3. The summed E-state index contributed by atoms with van der Waals surface area (Å²) in [5, 5.41) is 20.5. The molecule has 2 aromatic carbocycles. The first-order valence-corrected chi connectivity index (χ1v) is 11.9. The monoisotopic (exact) mass is 443 g/mol. The van der Waals surface area contributed by atoms with Crippen LogP contribution in [0.25, 0.3) is 44.5 Å². The predicted octanol–water partition coefficient (Wildman–Crippen LogP) is 6.71. The highest BCUT2D eigenvalue weighted by Gasteiger charge is 2.24. The van der Waals surface area contributed by atoms with Crippen LogP contribution < -0.4 is 5.49 Å². The maximum atomic E-state index is 9.94. The number of aromatic nitrogens is 3. The maximum Gasteiger partial charge on any atom is 0.167 e. The Morgan fingerprint density at radius 3 is 2.26 bits per heavy atom. The second-order valence-corrected chi connectivity index (χ2v) is 9.08. The molecule has 0 saturated heterocycles. The standard InChI is InChI=1S/C29H25N5/c30-18-23-27-26-21(16-24(32-27)19-10-4-1-5-11-19)17-25(20-12-6-2-7-13-20)34(29(26)33-28(23)31)22-14-8-3-9-15-22/h1-2,4-7,10-13,16-17,22,31-32H,3,8-9,14-15H2. The molecule has 1 aliphatic rings. The molecule has 0 aliphatic heterocycles. The van der Waals surface area contributed by atoms with Crippen molar-refractivity contribution in [2.45, 2.75) is 38.1 Å². The van der Waals surface area contributed by atoms with E-state index in [4.69, 9.17) is 10.4 Å². The Morgan fingerprint density at radius 1 is 0.912 bits per heavy atom. The van der Waals surface area contributed by atoms with E-state index in [-0.39, 0.29) is 11.1 Å². The van der Waals surface area contributed by atoms with Gasteiger partial charge in [-0.1, -0.05) is 79.9 Å². The molecule has 1 saturated carbocycles. The van der Waals surface area contributed by atoms with Crippen LogP contribution in [0.3, 0.4) is 0 Å². The van der Waals surface area contributed by atoms with E-state index in [1.807, 2.05) is 24.3 Å². The average Bonchev–Trinajstić information content (AvgIpc) is 2.90. The van der Waals surface area contributed by atoms with Crippen LogP contribution in [0.2, 0.25) is 0 Å². The van der Waals surface area contributed by atoms with E-state index in [0.717, 1.165) is 51.8 Å². The minimum atomic E-state index is 0.0209. The smallest absolute Gasteiger partial charge is 0.167 e. The lowest BCUT2D eigenvalue weighted by Crippen LogP contribution is -2.21. The lowest BCUT2D eigenvalue weighted by atomic mass is 9.93. The van der Waals surface area contributed by atoms with Gasteiger partial charge in [0.25, 0.3) is 0 Å². The van der Waals surface area contributed by atoms with E-state index in [1.54, 1.807) is 0 Å². The lowest BCUT2D eigenvalue weighted by Gasteiger charge is -2.29. The first-order chi connectivity index (χ1) is 16.7. The zero-order valence-electron chi connectivity index (χ0n) is 18.9. The molecule has 0 amide bonds. The third-order valence-electron chi connectivity index (χ3n) is 7.01. The summed E-state index contributed by atoms with van der Waals surface area (Å²) < 4.78 is 2.35. The van der Waals surface area contributed by atoms with Gasteiger partial charge in [-0.05, 0) is 41.5 Å². The number of H-pyrrole nitrogens is 1. The second-order valence-electron chi connectivity index (χ2n) is 9.08. The van der Waals surface area contributed by atoms with Crippen LogP contribution in [0.4, 0.5) is 0 Å². The number of pyridine rings is 3. The van der Waals surface area contributed by atoms with Gasteiger partial charge in [0.2, 0.25) is 0 Å². The van der Waals surface area contributed by atoms with Crippen LogP contribution in [0.5, 0.6) is 0 Å². The Kier molecular flexibility index (Phi) is 5.00. The summed E-state index contributed by atoms with van der Waals surface area (Å²) in [6, 6.07) is 27.5. The second kappa shape index (κ2) is 8.31. The number of rotatable bonds is 3. The average molecular weight is 444 g/mol. The molecule has 0 atom stereocenters. The van der Waals surface area contributed by atoms with Crippen molar-refractivity contribution in [1.29, 1.82) is 10.7 Å². The van der Waals surface area contributed by atoms with Crippen LogP contribution in [-0.2, 0) is 0 Å². The summed E-state index contributed by atoms with van der Waals surface area (Å²) in [5.74, 6) is 0. The van der Waals surface area contributed by atoms with Gasteiger partial charge in [0.1, 0.15) is 17.3 Å². The van der Waals surface area contributed by atoms with Crippen molar-refractivity contribution in [3.8, 4) is 28.6 Å². The summed E-state index contributed by atoms with van der Waals surface area (Å²) in [7, 11) is 0. The van der Waals surface area contributed by atoms with Gasteiger partial charge in [-0.3, -0.25) is 5.41 Å². The van der Waals surface area contributed by atoms with Crippen molar-refractivity contribution in [1.82, 2.24) is 14.5 Å². The van der Waals surface area contributed by atoms with Crippen LogP contribution in [-0.4, -0.2) is 14.5 Å². The number of hydrogen-bond acceptors (Lipinski definition) is 3. The van der Waals surface area contributed by atoms with E-state index in [1.165, 1.54) is 19.3 Å². The van der Waals surface area contributed by atoms with Gasteiger partial charge in [0.15, 0.2) is 5.49 Å². The molecule has 5 heteroatoms. The first kappa shape index (κ1) is 20.4. The molecule has 0 radical (unpaired) electrons. The molecule has 2 N–H and O–H groups in total.